The molecule has 2 aromatic rings. The highest BCUT2D eigenvalue weighted by molar-refractivity contribution is 5.91. The number of anilines is 1. The number of ether oxygens (including phenoxy) is 1. The molecule has 1 aromatic heterocycles. The molecule has 1 N–H and O–H groups in total. The summed E-state index contributed by atoms with van der Waals surface area (Å²) in [6, 6.07) is 8.25. The molecular weight excluding hydrogens is 263 g/mol. The summed E-state index contributed by atoms with van der Waals surface area (Å²) in [5.41, 5.74) is 0.338. The number of nitrogens with zero attached hydrogens (tertiary/aromatic N) is 1. The van der Waals surface area contributed by atoms with E-state index >= 15 is 0 Å². The average molecular weight is 276 g/mol. The zero-order chi connectivity index (χ0) is 14.5. The highest BCUT2D eigenvalue weighted by atomic mass is 19.1. The maximum absolute atomic E-state index is 12.7. The Bertz CT molecular complexity index is 665. The van der Waals surface area contributed by atoms with E-state index in [2.05, 4.69) is 5.32 Å². The molecule has 1 aromatic carbocycles. The van der Waals surface area contributed by atoms with Crippen molar-refractivity contribution in [2.24, 2.45) is 7.05 Å². The van der Waals surface area contributed by atoms with Crippen LogP contribution in [0.5, 0.6) is 5.75 Å². The van der Waals surface area contributed by atoms with E-state index in [1.807, 2.05) is 0 Å². The summed E-state index contributed by atoms with van der Waals surface area (Å²) in [7, 11) is 1.59. The van der Waals surface area contributed by atoms with Crippen molar-refractivity contribution in [3.05, 3.63) is 58.8 Å². The van der Waals surface area contributed by atoms with Gasteiger partial charge in [0.15, 0.2) is 6.61 Å². The highest BCUT2D eigenvalue weighted by Crippen LogP contribution is 2.11. The molecule has 0 atom stereocenters. The van der Waals surface area contributed by atoms with Crippen molar-refractivity contribution in [1.82, 2.24) is 4.57 Å². The standard InChI is InChI=1S/C14H13FN2O3/c1-17-8-11(4-7-14(17)19)16-13(18)9-20-12-5-2-10(15)3-6-12/h2-8H,9H2,1H3,(H,16,18). The van der Waals surface area contributed by atoms with E-state index in [1.54, 1.807) is 7.05 Å². The van der Waals surface area contributed by atoms with E-state index in [9.17, 15) is 14.0 Å². The number of hydrogen-bond acceptors (Lipinski definition) is 3. The molecule has 104 valence electrons. The first-order valence-electron chi connectivity index (χ1n) is 5.89. The van der Waals surface area contributed by atoms with E-state index in [-0.39, 0.29) is 23.9 Å². The van der Waals surface area contributed by atoms with Crippen LogP contribution in [0.1, 0.15) is 0 Å². The van der Waals surface area contributed by atoms with Gasteiger partial charge in [-0.25, -0.2) is 4.39 Å². The Morgan fingerprint density at radius 3 is 2.60 bits per heavy atom. The van der Waals surface area contributed by atoms with Crippen molar-refractivity contribution in [1.29, 1.82) is 0 Å². The van der Waals surface area contributed by atoms with Gasteiger partial charge >= 0.3 is 0 Å². The molecule has 0 spiro atoms. The molecule has 2 rings (SSSR count). The fourth-order valence-electron chi connectivity index (χ4n) is 1.54. The van der Waals surface area contributed by atoms with Crippen LogP contribution in [-0.4, -0.2) is 17.1 Å². The molecule has 0 saturated carbocycles. The third-order valence-electron chi connectivity index (χ3n) is 2.55. The molecule has 20 heavy (non-hydrogen) atoms. The molecule has 0 bridgehead atoms. The van der Waals surface area contributed by atoms with Gasteiger partial charge in [0.25, 0.3) is 5.91 Å². The minimum absolute atomic E-state index is 0.162. The van der Waals surface area contributed by atoms with Crippen molar-refractivity contribution in [3.8, 4) is 5.75 Å². The van der Waals surface area contributed by atoms with Crippen LogP contribution in [0.4, 0.5) is 10.1 Å². The number of halogens is 1. The van der Waals surface area contributed by atoms with E-state index < -0.39 is 0 Å². The van der Waals surface area contributed by atoms with Crippen molar-refractivity contribution >= 4 is 11.6 Å². The van der Waals surface area contributed by atoms with Crippen LogP contribution >= 0.6 is 0 Å². The lowest BCUT2D eigenvalue weighted by molar-refractivity contribution is -0.118. The first kappa shape index (κ1) is 13.8. The maximum atomic E-state index is 12.7. The van der Waals surface area contributed by atoms with Gasteiger partial charge in [-0.05, 0) is 30.3 Å². The Kier molecular flexibility index (Phi) is 4.14. The number of nitrogens with one attached hydrogen (secondary N) is 1. The first-order valence-corrected chi connectivity index (χ1v) is 5.89. The molecule has 0 radical (unpaired) electrons. The third kappa shape index (κ3) is 3.68. The monoisotopic (exact) mass is 276 g/mol. The zero-order valence-corrected chi connectivity index (χ0v) is 10.8. The Morgan fingerprint density at radius 1 is 1.25 bits per heavy atom. The van der Waals surface area contributed by atoms with Crippen LogP contribution in [0.25, 0.3) is 0 Å². The summed E-state index contributed by atoms with van der Waals surface area (Å²) in [6.45, 7) is -0.200. The SMILES string of the molecule is Cn1cc(NC(=O)COc2ccc(F)cc2)ccc1=O. The number of amides is 1. The molecule has 1 amide bonds. The van der Waals surface area contributed by atoms with Crippen LogP contribution in [0.3, 0.4) is 0 Å². The van der Waals surface area contributed by atoms with Gasteiger partial charge in [0.1, 0.15) is 11.6 Å². The second-order valence-corrected chi connectivity index (χ2v) is 4.16. The van der Waals surface area contributed by atoms with Crippen molar-refractivity contribution in [3.63, 3.8) is 0 Å². The number of pyridine rings is 1. The molecule has 1 heterocycles. The fourth-order valence-corrected chi connectivity index (χ4v) is 1.54. The normalized spacial score (nSPS) is 10.1. The van der Waals surface area contributed by atoms with E-state index in [0.717, 1.165) is 0 Å². The number of hydrogen-bond donors (Lipinski definition) is 1. The molecule has 0 aliphatic carbocycles. The second-order valence-electron chi connectivity index (χ2n) is 4.16. The number of aromatic nitrogens is 1. The largest absolute Gasteiger partial charge is 0.484 e. The number of benzene rings is 1. The van der Waals surface area contributed by atoms with E-state index in [4.69, 9.17) is 4.74 Å². The summed E-state index contributed by atoms with van der Waals surface area (Å²) in [6.07, 6.45) is 1.51. The van der Waals surface area contributed by atoms with Crippen LogP contribution in [0, 0.1) is 5.82 Å². The van der Waals surface area contributed by atoms with Crippen LogP contribution in [0.2, 0.25) is 0 Å². The molecule has 0 aliphatic rings. The lowest BCUT2D eigenvalue weighted by Gasteiger charge is -2.08. The van der Waals surface area contributed by atoms with Crippen molar-refractivity contribution in [2.45, 2.75) is 0 Å². The van der Waals surface area contributed by atoms with Crippen molar-refractivity contribution < 1.29 is 13.9 Å². The Balaban J connectivity index is 1.90. The van der Waals surface area contributed by atoms with Crippen molar-refractivity contribution in [2.75, 3.05) is 11.9 Å². The van der Waals surface area contributed by atoms with E-state index in [0.29, 0.717) is 11.4 Å². The van der Waals surface area contributed by atoms with Gasteiger partial charge in [-0.3, -0.25) is 9.59 Å². The summed E-state index contributed by atoms with van der Waals surface area (Å²) >= 11 is 0. The van der Waals surface area contributed by atoms with Gasteiger partial charge in [-0.15, -0.1) is 0 Å². The van der Waals surface area contributed by atoms with Gasteiger partial charge in [-0.1, -0.05) is 0 Å². The zero-order valence-electron chi connectivity index (χ0n) is 10.8. The minimum atomic E-state index is -0.369. The molecule has 0 aliphatic heterocycles. The predicted molar refractivity (Wildman–Crippen MR) is 72.2 cm³/mol. The number of aryl methyl sites for hydroxylation is 1. The lowest BCUT2D eigenvalue weighted by atomic mass is 10.3. The number of rotatable bonds is 4. The Labute approximate surface area is 114 Å². The summed E-state index contributed by atoms with van der Waals surface area (Å²) in [5.74, 6) is -0.331. The molecule has 0 saturated heterocycles. The molecule has 0 unspecified atom stereocenters. The van der Waals surface area contributed by atoms with Gasteiger partial charge in [0.05, 0.1) is 5.69 Å². The topological polar surface area (TPSA) is 60.3 Å². The average Bonchev–Trinajstić information content (AvgIpc) is 2.42. The van der Waals surface area contributed by atoms with Crippen LogP contribution in [0.15, 0.2) is 47.4 Å². The summed E-state index contributed by atoms with van der Waals surface area (Å²) < 4.78 is 19.2. The quantitative estimate of drug-likeness (QED) is 0.921. The molecule has 6 heteroatoms. The summed E-state index contributed by atoms with van der Waals surface area (Å²) in [5, 5.41) is 2.59. The van der Waals surface area contributed by atoms with Gasteiger partial charge < -0.3 is 14.6 Å². The number of carbonyl (C=O) groups is 1. The van der Waals surface area contributed by atoms with Gasteiger partial charge in [-0.2, -0.15) is 0 Å². The molecular formula is C14H13FN2O3. The first-order chi connectivity index (χ1) is 9.54. The minimum Gasteiger partial charge on any atom is -0.484 e. The Hall–Kier alpha value is -2.63. The molecule has 0 fully saturated rings. The second kappa shape index (κ2) is 6.01. The van der Waals surface area contributed by atoms with Gasteiger partial charge in [0.2, 0.25) is 5.56 Å². The summed E-state index contributed by atoms with van der Waals surface area (Å²) in [4.78, 5) is 22.8. The maximum Gasteiger partial charge on any atom is 0.262 e. The number of carbonyl (C=O) groups excluding carboxylic acids is 1. The molecule has 5 nitrogen and oxygen atoms in total. The fraction of sp³-hybridized carbons (Fsp3) is 0.143. The van der Waals surface area contributed by atoms with Gasteiger partial charge in [0, 0.05) is 19.3 Å². The third-order valence-corrected chi connectivity index (χ3v) is 2.55. The Morgan fingerprint density at radius 2 is 1.95 bits per heavy atom. The predicted octanol–water partition coefficient (Wildman–Crippen LogP) is 1.54. The highest BCUT2D eigenvalue weighted by Gasteiger charge is 2.04. The van der Waals surface area contributed by atoms with Crippen LogP contribution < -0.4 is 15.6 Å². The van der Waals surface area contributed by atoms with Crippen LogP contribution in [-0.2, 0) is 11.8 Å². The van der Waals surface area contributed by atoms with E-state index in [1.165, 1.54) is 47.2 Å². The smallest absolute Gasteiger partial charge is 0.262 e. The lowest BCUT2D eigenvalue weighted by Crippen LogP contribution is -2.22.